The largest absolute Gasteiger partial charge is 0.393 e. The summed E-state index contributed by atoms with van der Waals surface area (Å²) in [5.41, 5.74) is 6.68. The van der Waals surface area contributed by atoms with Crippen LogP contribution in [0.3, 0.4) is 0 Å². The molecule has 1 rings (SSSR count). The maximum Gasteiger partial charge on any atom is 0.0580 e. The Hall–Kier alpha value is -0.380. The van der Waals surface area contributed by atoms with Gasteiger partial charge in [0, 0.05) is 16.4 Å². The van der Waals surface area contributed by atoms with E-state index in [0.717, 1.165) is 10.9 Å². The van der Waals surface area contributed by atoms with Gasteiger partial charge in [-0.25, -0.2) is 0 Å². The van der Waals surface area contributed by atoms with E-state index in [0.29, 0.717) is 6.54 Å². The molecule has 0 bridgehead atoms. The first-order chi connectivity index (χ1) is 6.98. The molecule has 0 aliphatic heterocycles. The highest BCUT2D eigenvalue weighted by atomic mass is 79.9. The van der Waals surface area contributed by atoms with Gasteiger partial charge >= 0.3 is 0 Å². The van der Waals surface area contributed by atoms with Gasteiger partial charge in [0.25, 0.3) is 0 Å². The third kappa shape index (κ3) is 3.30. The quantitative estimate of drug-likeness (QED) is 0.883. The van der Waals surface area contributed by atoms with Gasteiger partial charge in [-0.1, -0.05) is 35.0 Å². The number of rotatable bonds is 4. The summed E-state index contributed by atoms with van der Waals surface area (Å²) in [5.74, 6) is 0. The van der Waals surface area contributed by atoms with Crippen molar-refractivity contribution in [2.75, 3.05) is 6.54 Å². The lowest BCUT2D eigenvalue weighted by atomic mass is 9.79. The Morgan fingerprint density at radius 2 is 1.93 bits per heavy atom. The minimum Gasteiger partial charge on any atom is -0.393 e. The molecule has 1 aromatic rings. The maximum atomic E-state index is 9.70. The highest BCUT2D eigenvalue weighted by Crippen LogP contribution is 2.26. The molecule has 2 unspecified atom stereocenters. The SMILES string of the molecule is CC(O)C(C)(CN)Cc1ccc(Br)cc1. The van der Waals surface area contributed by atoms with Gasteiger partial charge in [0.2, 0.25) is 0 Å². The number of benzene rings is 1. The van der Waals surface area contributed by atoms with Crippen LogP contribution in [-0.2, 0) is 6.42 Å². The lowest BCUT2D eigenvalue weighted by Crippen LogP contribution is -2.39. The molecule has 0 aliphatic carbocycles. The van der Waals surface area contributed by atoms with Gasteiger partial charge in [-0.2, -0.15) is 0 Å². The number of aliphatic hydroxyl groups excluding tert-OH is 1. The number of hydrogen-bond acceptors (Lipinski definition) is 2. The Kier molecular flexibility index (Phi) is 4.32. The van der Waals surface area contributed by atoms with Crippen molar-refractivity contribution in [3.05, 3.63) is 34.3 Å². The van der Waals surface area contributed by atoms with Crippen LogP contribution < -0.4 is 5.73 Å². The summed E-state index contributed by atoms with van der Waals surface area (Å²) in [6, 6.07) is 8.13. The highest BCUT2D eigenvalue weighted by Gasteiger charge is 2.28. The molecule has 0 aliphatic rings. The average molecular weight is 272 g/mol. The molecule has 0 saturated carbocycles. The molecule has 3 N–H and O–H groups in total. The van der Waals surface area contributed by atoms with Crippen LogP contribution in [0, 0.1) is 5.41 Å². The molecular weight excluding hydrogens is 254 g/mol. The Morgan fingerprint density at radius 3 is 2.33 bits per heavy atom. The van der Waals surface area contributed by atoms with Crippen LogP contribution in [0.4, 0.5) is 0 Å². The fraction of sp³-hybridized carbons (Fsp3) is 0.500. The van der Waals surface area contributed by atoms with Crippen molar-refractivity contribution in [2.45, 2.75) is 26.4 Å². The Labute approximate surface area is 99.6 Å². The molecule has 2 nitrogen and oxygen atoms in total. The van der Waals surface area contributed by atoms with E-state index in [9.17, 15) is 5.11 Å². The first-order valence-corrected chi connectivity index (χ1v) is 5.90. The number of nitrogens with two attached hydrogens (primary N) is 1. The molecular formula is C12H18BrNO. The smallest absolute Gasteiger partial charge is 0.0580 e. The summed E-state index contributed by atoms with van der Waals surface area (Å²) < 4.78 is 1.07. The molecule has 0 spiro atoms. The molecule has 15 heavy (non-hydrogen) atoms. The van der Waals surface area contributed by atoms with Gasteiger partial charge in [0.05, 0.1) is 6.10 Å². The van der Waals surface area contributed by atoms with Crippen molar-refractivity contribution in [3.8, 4) is 0 Å². The predicted molar refractivity (Wildman–Crippen MR) is 66.7 cm³/mol. The summed E-state index contributed by atoms with van der Waals surface area (Å²) >= 11 is 3.40. The normalized spacial score (nSPS) is 17.1. The Morgan fingerprint density at radius 1 is 1.40 bits per heavy atom. The molecule has 0 amide bonds. The zero-order valence-electron chi connectivity index (χ0n) is 9.20. The van der Waals surface area contributed by atoms with E-state index in [1.807, 2.05) is 19.1 Å². The van der Waals surface area contributed by atoms with Crippen LogP contribution in [-0.4, -0.2) is 17.8 Å². The third-order valence-electron chi connectivity index (χ3n) is 3.00. The van der Waals surface area contributed by atoms with Crippen molar-refractivity contribution in [3.63, 3.8) is 0 Å². The molecule has 84 valence electrons. The predicted octanol–water partition coefficient (Wildman–Crippen LogP) is 2.34. The fourth-order valence-corrected chi connectivity index (χ4v) is 1.72. The lowest BCUT2D eigenvalue weighted by Gasteiger charge is -2.31. The maximum absolute atomic E-state index is 9.70. The van der Waals surface area contributed by atoms with Crippen LogP contribution in [0.25, 0.3) is 0 Å². The van der Waals surface area contributed by atoms with Crippen LogP contribution in [0.5, 0.6) is 0 Å². The van der Waals surface area contributed by atoms with Crippen LogP contribution in [0.15, 0.2) is 28.7 Å². The minimum absolute atomic E-state index is 0.242. The van der Waals surface area contributed by atoms with E-state index in [4.69, 9.17) is 5.73 Å². The van der Waals surface area contributed by atoms with E-state index < -0.39 is 6.10 Å². The van der Waals surface area contributed by atoms with Crippen molar-refractivity contribution in [1.82, 2.24) is 0 Å². The van der Waals surface area contributed by atoms with E-state index in [-0.39, 0.29) is 5.41 Å². The summed E-state index contributed by atoms with van der Waals surface area (Å²) in [4.78, 5) is 0. The lowest BCUT2D eigenvalue weighted by molar-refractivity contribution is 0.0589. The van der Waals surface area contributed by atoms with E-state index >= 15 is 0 Å². The molecule has 0 heterocycles. The van der Waals surface area contributed by atoms with Gasteiger partial charge in [-0.05, 0) is 31.0 Å². The zero-order chi connectivity index (χ0) is 11.5. The van der Waals surface area contributed by atoms with E-state index in [2.05, 4.69) is 28.1 Å². The average Bonchev–Trinajstić information content (AvgIpc) is 2.21. The standard InChI is InChI=1S/C12H18BrNO/c1-9(15)12(2,8-14)7-10-3-5-11(13)6-4-10/h3-6,9,15H,7-8,14H2,1-2H3. The second kappa shape index (κ2) is 5.10. The van der Waals surface area contributed by atoms with Gasteiger partial charge in [0.1, 0.15) is 0 Å². The molecule has 0 radical (unpaired) electrons. The second-order valence-electron chi connectivity index (χ2n) is 4.34. The van der Waals surface area contributed by atoms with Gasteiger partial charge in [-0.3, -0.25) is 0 Å². The number of halogens is 1. The van der Waals surface area contributed by atoms with E-state index in [1.54, 1.807) is 6.92 Å². The first-order valence-electron chi connectivity index (χ1n) is 5.10. The Balaban J connectivity index is 2.79. The third-order valence-corrected chi connectivity index (χ3v) is 3.52. The van der Waals surface area contributed by atoms with Gasteiger partial charge in [0.15, 0.2) is 0 Å². The summed E-state index contributed by atoms with van der Waals surface area (Å²) in [5, 5.41) is 9.70. The van der Waals surface area contributed by atoms with Crippen molar-refractivity contribution in [1.29, 1.82) is 0 Å². The number of aliphatic hydroxyl groups is 1. The van der Waals surface area contributed by atoms with Crippen molar-refractivity contribution >= 4 is 15.9 Å². The summed E-state index contributed by atoms with van der Waals surface area (Å²) in [6.45, 7) is 4.30. The topological polar surface area (TPSA) is 46.2 Å². The van der Waals surface area contributed by atoms with Crippen molar-refractivity contribution in [2.24, 2.45) is 11.1 Å². The van der Waals surface area contributed by atoms with E-state index in [1.165, 1.54) is 5.56 Å². The van der Waals surface area contributed by atoms with Crippen molar-refractivity contribution < 1.29 is 5.11 Å². The molecule has 1 aromatic carbocycles. The molecule has 0 aromatic heterocycles. The first kappa shape index (κ1) is 12.7. The molecule has 0 saturated heterocycles. The van der Waals surface area contributed by atoms with Crippen LogP contribution >= 0.6 is 15.9 Å². The number of hydrogen-bond donors (Lipinski definition) is 2. The fourth-order valence-electron chi connectivity index (χ4n) is 1.46. The Bertz CT molecular complexity index is 310. The second-order valence-corrected chi connectivity index (χ2v) is 5.25. The summed E-state index contributed by atoms with van der Waals surface area (Å²) in [7, 11) is 0. The minimum atomic E-state index is -0.397. The van der Waals surface area contributed by atoms with Crippen LogP contribution in [0.1, 0.15) is 19.4 Å². The highest BCUT2D eigenvalue weighted by molar-refractivity contribution is 9.10. The van der Waals surface area contributed by atoms with Crippen LogP contribution in [0.2, 0.25) is 0 Å². The monoisotopic (exact) mass is 271 g/mol. The molecule has 0 fully saturated rings. The molecule has 2 atom stereocenters. The molecule has 3 heteroatoms. The zero-order valence-corrected chi connectivity index (χ0v) is 10.8. The summed E-state index contributed by atoms with van der Waals surface area (Å²) in [6.07, 6.45) is 0.403. The van der Waals surface area contributed by atoms with Gasteiger partial charge in [-0.15, -0.1) is 0 Å². The van der Waals surface area contributed by atoms with Gasteiger partial charge < -0.3 is 10.8 Å².